The molecule has 0 spiro atoms. The molecule has 1 heterocycles. The number of carbonyl (C=O) groups excluding carboxylic acids is 1. The van der Waals surface area contributed by atoms with Crippen LogP contribution in [0.1, 0.15) is 5.56 Å². The van der Waals surface area contributed by atoms with Gasteiger partial charge in [0, 0.05) is 18.2 Å². The molecule has 0 aliphatic heterocycles. The van der Waals surface area contributed by atoms with E-state index in [1.165, 1.54) is 12.1 Å². The second kappa shape index (κ2) is 6.48. The second-order valence-corrected chi connectivity index (χ2v) is 3.96. The van der Waals surface area contributed by atoms with E-state index in [-0.39, 0.29) is 23.9 Å². The zero-order chi connectivity index (χ0) is 14.4. The number of carbonyl (C=O) groups is 1. The number of nitrogens with one attached hydrogen (secondary N) is 2. The molecule has 0 atom stereocenters. The highest BCUT2D eigenvalue weighted by Gasteiger charge is 2.06. The molecule has 0 saturated carbocycles. The van der Waals surface area contributed by atoms with Gasteiger partial charge in [-0.1, -0.05) is 18.2 Å². The van der Waals surface area contributed by atoms with Crippen molar-refractivity contribution in [2.75, 3.05) is 11.9 Å². The van der Waals surface area contributed by atoms with Gasteiger partial charge in [0.15, 0.2) is 12.4 Å². The van der Waals surface area contributed by atoms with Crippen LogP contribution >= 0.6 is 0 Å². The zero-order valence-electron chi connectivity index (χ0n) is 10.6. The number of hydrogen-bond donors (Lipinski definition) is 3. The fourth-order valence-corrected chi connectivity index (χ4v) is 1.55. The largest absolute Gasteiger partial charge is 0.483 e. The molecule has 0 saturated heterocycles. The standard InChI is InChI=1S/C13H14N4O3/c14-7-9-3-1-2-4-10(9)20-8-13(19)15-11-5-6-12(18)17-16-11/h1-6H,7-8,14H2,(H,17,18)(H,15,16,19). The monoisotopic (exact) mass is 274 g/mol. The lowest BCUT2D eigenvalue weighted by molar-refractivity contribution is -0.118. The first-order valence-corrected chi connectivity index (χ1v) is 5.95. The summed E-state index contributed by atoms with van der Waals surface area (Å²) in [6, 6.07) is 9.90. The molecule has 0 aliphatic rings. The fourth-order valence-electron chi connectivity index (χ4n) is 1.55. The molecule has 0 radical (unpaired) electrons. The Morgan fingerprint density at radius 1 is 1.30 bits per heavy atom. The number of rotatable bonds is 5. The van der Waals surface area contributed by atoms with Gasteiger partial charge in [-0.15, -0.1) is 0 Å². The first-order valence-electron chi connectivity index (χ1n) is 5.95. The van der Waals surface area contributed by atoms with Crippen LogP contribution < -0.4 is 21.3 Å². The second-order valence-electron chi connectivity index (χ2n) is 3.96. The van der Waals surface area contributed by atoms with E-state index in [0.29, 0.717) is 12.3 Å². The van der Waals surface area contributed by atoms with Crippen molar-refractivity contribution in [3.8, 4) is 5.75 Å². The summed E-state index contributed by atoms with van der Waals surface area (Å²) in [4.78, 5) is 22.5. The van der Waals surface area contributed by atoms with E-state index >= 15 is 0 Å². The number of aromatic amines is 1. The Morgan fingerprint density at radius 2 is 2.10 bits per heavy atom. The van der Waals surface area contributed by atoms with Gasteiger partial charge in [0.1, 0.15) is 5.75 Å². The highest BCUT2D eigenvalue weighted by atomic mass is 16.5. The van der Waals surface area contributed by atoms with Crippen molar-refractivity contribution in [3.63, 3.8) is 0 Å². The van der Waals surface area contributed by atoms with Crippen molar-refractivity contribution in [1.29, 1.82) is 0 Å². The van der Waals surface area contributed by atoms with Gasteiger partial charge in [-0.3, -0.25) is 9.59 Å². The van der Waals surface area contributed by atoms with Gasteiger partial charge >= 0.3 is 0 Å². The predicted octanol–water partition coefficient (Wildman–Crippen LogP) is 0.246. The Kier molecular flexibility index (Phi) is 4.46. The van der Waals surface area contributed by atoms with Gasteiger partial charge < -0.3 is 15.8 Å². The number of benzene rings is 1. The van der Waals surface area contributed by atoms with E-state index in [9.17, 15) is 9.59 Å². The Hall–Kier alpha value is -2.67. The number of para-hydroxylation sites is 1. The van der Waals surface area contributed by atoms with Crippen LogP contribution in [0.15, 0.2) is 41.2 Å². The van der Waals surface area contributed by atoms with Gasteiger partial charge in [0.05, 0.1) is 0 Å². The molecule has 1 aromatic carbocycles. The molecular weight excluding hydrogens is 260 g/mol. The highest BCUT2D eigenvalue weighted by Crippen LogP contribution is 2.16. The van der Waals surface area contributed by atoms with Gasteiger partial charge in [-0.2, -0.15) is 5.10 Å². The minimum Gasteiger partial charge on any atom is -0.483 e. The van der Waals surface area contributed by atoms with Crippen LogP contribution in [0.25, 0.3) is 0 Å². The van der Waals surface area contributed by atoms with Gasteiger partial charge in [0.25, 0.3) is 11.5 Å². The quantitative estimate of drug-likeness (QED) is 0.723. The summed E-state index contributed by atoms with van der Waals surface area (Å²) >= 11 is 0. The first kappa shape index (κ1) is 13.8. The number of nitrogens with two attached hydrogens (primary N) is 1. The SMILES string of the molecule is NCc1ccccc1OCC(=O)Nc1ccc(=O)[nH]n1. The molecular formula is C13H14N4O3. The van der Waals surface area contributed by atoms with Gasteiger partial charge in [0.2, 0.25) is 0 Å². The molecule has 0 bridgehead atoms. The molecule has 7 heteroatoms. The highest BCUT2D eigenvalue weighted by molar-refractivity contribution is 5.90. The van der Waals surface area contributed by atoms with Crippen LogP contribution in [0.2, 0.25) is 0 Å². The van der Waals surface area contributed by atoms with E-state index in [4.69, 9.17) is 10.5 Å². The van der Waals surface area contributed by atoms with Crippen LogP contribution in [0.4, 0.5) is 5.82 Å². The maximum Gasteiger partial charge on any atom is 0.264 e. The number of anilines is 1. The fraction of sp³-hybridized carbons (Fsp3) is 0.154. The van der Waals surface area contributed by atoms with E-state index in [2.05, 4.69) is 15.5 Å². The third kappa shape index (κ3) is 3.66. The molecule has 0 unspecified atom stereocenters. The number of aromatic nitrogens is 2. The topological polar surface area (TPSA) is 110 Å². The molecule has 4 N–H and O–H groups in total. The first-order chi connectivity index (χ1) is 9.69. The Labute approximate surface area is 114 Å². The summed E-state index contributed by atoms with van der Waals surface area (Å²) < 4.78 is 5.39. The van der Waals surface area contributed by atoms with Crippen LogP contribution in [0, 0.1) is 0 Å². The van der Waals surface area contributed by atoms with Crippen LogP contribution in [0.3, 0.4) is 0 Å². The maximum absolute atomic E-state index is 11.7. The summed E-state index contributed by atoms with van der Waals surface area (Å²) in [6.45, 7) is 0.164. The number of H-pyrrole nitrogens is 1. The Morgan fingerprint density at radius 3 is 2.80 bits per heavy atom. The number of amides is 1. The average molecular weight is 274 g/mol. The van der Waals surface area contributed by atoms with E-state index in [1.54, 1.807) is 12.1 Å². The number of ether oxygens (including phenoxy) is 1. The van der Waals surface area contributed by atoms with Crippen LogP contribution in [0.5, 0.6) is 5.75 Å². The molecule has 2 rings (SSSR count). The lowest BCUT2D eigenvalue weighted by Gasteiger charge is -2.09. The minimum atomic E-state index is -0.378. The van der Waals surface area contributed by atoms with Crippen molar-refractivity contribution in [3.05, 3.63) is 52.3 Å². The van der Waals surface area contributed by atoms with Crippen LogP contribution in [-0.4, -0.2) is 22.7 Å². The summed E-state index contributed by atoms with van der Waals surface area (Å²) in [5, 5.41) is 8.38. The summed E-state index contributed by atoms with van der Waals surface area (Å²) in [5.74, 6) is 0.446. The summed E-state index contributed by atoms with van der Waals surface area (Å²) in [5.41, 5.74) is 6.06. The van der Waals surface area contributed by atoms with E-state index in [1.807, 2.05) is 12.1 Å². The predicted molar refractivity (Wildman–Crippen MR) is 73.3 cm³/mol. The molecule has 2 aromatic rings. The molecule has 1 amide bonds. The van der Waals surface area contributed by atoms with Crippen molar-refractivity contribution in [2.45, 2.75) is 6.54 Å². The van der Waals surface area contributed by atoms with Gasteiger partial charge in [-0.25, -0.2) is 5.10 Å². The molecule has 0 aliphatic carbocycles. The Balaban J connectivity index is 1.92. The molecule has 20 heavy (non-hydrogen) atoms. The minimum absolute atomic E-state index is 0.169. The normalized spacial score (nSPS) is 10.1. The smallest absolute Gasteiger partial charge is 0.264 e. The Bertz CT molecular complexity index is 634. The van der Waals surface area contributed by atoms with Crippen molar-refractivity contribution >= 4 is 11.7 Å². The third-order valence-corrected chi connectivity index (χ3v) is 2.50. The molecule has 7 nitrogen and oxygen atoms in total. The molecule has 0 fully saturated rings. The molecule has 1 aromatic heterocycles. The van der Waals surface area contributed by atoms with E-state index in [0.717, 1.165) is 5.56 Å². The summed E-state index contributed by atoms with van der Waals surface area (Å²) in [6.07, 6.45) is 0. The van der Waals surface area contributed by atoms with Crippen molar-refractivity contribution in [2.24, 2.45) is 5.73 Å². The zero-order valence-corrected chi connectivity index (χ0v) is 10.6. The van der Waals surface area contributed by atoms with Crippen molar-refractivity contribution in [1.82, 2.24) is 10.2 Å². The lowest BCUT2D eigenvalue weighted by Crippen LogP contribution is -2.22. The third-order valence-electron chi connectivity index (χ3n) is 2.50. The summed E-state index contributed by atoms with van der Waals surface area (Å²) in [7, 11) is 0. The average Bonchev–Trinajstić information content (AvgIpc) is 2.48. The lowest BCUT2D eigenvalue weighted by atomic mass is 10.2. The number of hydrogen-bond acceptors (Lipinski definition) is 5. The van der Waals surface area contributed by atoms with Crippen LogP contribution in [-0.2, 0) is 11.3 Å². The van der Waals surface area contributed by atoms with Crippen molar-refractivity contribution < 1.29 is 9.53 Å². The van der Waals surface area contributed by atoms with E-state index < -0.39 is 0 Å². The molecule has 104 valence electrons. The van der Waals surface area contributed by atoms with Gasteiger partial charge in [-0.05, 0) is 12.1 Å². The maximum atomic E-state index is 11.7. The number of nitrogens with zero attached hydrogens (tertiary/aromatic N) is 1.